The highest BCUT2D eigenvalue weighted by Gasteiger charge is 2.21. The maximum absolute atomic E-state index is 13.9. The number of benzene rings is 2. The molecule has 0 fully saturated rings. The SMILES string of the molecule is C=CCn1c(SCC(=O)c2ccc(Br)cc2)nnc1[C@@H](C)NC(=O)c1ccccc1F. The molecule has 0 aliphatic rings. The van der Waals surface area contributed by atoms with Crippen LogP contribution in [-0.4, -0.2) is 32.2 Å². The average molecular weight is 503 g/mol. The quantitative estimate of drug-likeness (QED) is 0.257. The van der Waals surface area contributed by atoms with E-state index in [1.807, 2.05) is 12.1 Å². The van der Waals surface area contributed by atoms with Crippen molar-refractivity contribution in [1.29, 1.82) is 0 Å². The minimum atomic E-state index is -0.595. The van der Waals surface area contributed by atoms with E-state index in [1.165, 1.54) is 30.0 Å². The van der Waals surface area contributed by atoms with Crippen LogP contribution in [0.1, 0.15) is 39.5 Å². The third-order valence-corrected chi connectivity index (χ3v) is 5.90. The summed E-state index contributed by atoms with van der Waals surface area (Å²) < 4.78 is 16.6. The van der Waals surface area contributed by atoms with Gasteiger partial charge in [-0.1, -0.05) is 58.0 Å². The summed E-state index contributed by atoms with van der Waals surface area (Å²) in [6, 6.07) is 12.4. The number of hydrogen-bond acceptors (Lipinski definition) is 5. The summed E-state index contributed by atoms with van der Waals surface area (Å²) in [5.41, 5.74) is 0.565. The summed E-state index contributed by atoms with van der Waals surface area (Å²) in [6.07, 6.45) is 1.68. The number of amides is 1. The van der Waals surface area contributed by atoms with E-state index in [0.717, 1.165) is 4.47 Å². The molecule has 3 aromatic rings. The van der Waals surface area contributed by atoms with Gasteiger partial charge in [0.05, 0.1) is 17.4 Å². The van der Waals surface area contributed by atoms with E-state index in [1.54, 1.807) is 35.8 Å². The van der Waals surface area contributed by atoms with Crippen molar-refractivity contribution in [1.82, 2.24) is 20.1 Å². The number of Topliss-reactive ketones (excluding diaryl/α,β-unsaturated/α-hetero) is 1. The van der Waals surface area contributed by atoms with E-state index in [-0.39, 0.29) is 17.1 Å². The fourth-order valence-corrected chi connectivity index (χ4v) is 3.97. The molecule has 0 spiro atoms. The molecule has 31 heavy (non-hydrogen) atoms. The molecule has 0 saturated heterocycles. The second-order valence-corrected chi connectivity index (χ2v) is 8.49. The number of hydrogen-bond donors (Lipinski definition) is 1. The number of carbonyl (C=O) groups excluding carboxylic acids is 2. The van der Waals surface area contributed by atoms with Gasteiger partial charge in [0.1, 0.15) is 5.82 Å². The van der Waals surface area contributed by atoms with Crippen LogP contribution in [0.3, 0.4) is 0 Å². The molecule has 9 heteroatoms. The van der Waals surface area contributed by atoms with E-state index in [9.17, 15) is 14.0 Å². The normalized spacial score (nSPS) is 11.7. The molecule has 6 nitrogen and oxygen atoms in total. The monoisotopic (exact) mass is 502 g/mol. The lowest BCUT2D eigenvalue weighted by molar-refractivity contribution is 0.0932. The molecule has 1 N–H and O–H groups in total. The van der Waals surface area contributed by atoms with Crippen LogP contribution >= 0.6 is 27.7 Å². The summed E-state index contributed by atoms with van der Waals surface area (Å²) in [5, 5.41) is 11.6. The first-order chi connectivity index (χ1) is 14.9. The van der Waals surface area contributed by atoms with Gasteiger partial charge in [0.25, 0.3) is 5.91 Å². The lowest BCUT2D eigenvalue weighted by atomic mass is 10.2. The Morgan fingerprint density at radius 1 is 1.23 bits per heavy atom. The van der Waals surface area contributed by atoms with E-state index >= 15 is 0 Å². The zero-order valence-electron chi connectivity index (χ0n) is 16.7. The molecule has 0 aliphatic heterocycles. The van der Waals surface area contributed by atoms with Gasteiger partial charge in [-0.25, -0.2) is 4.39 Å². The fraction of sp³-hybridized carbons (Fsp3) is 0.182. The van der Waals surface area contributed by atoms with Crippen LogP contribution in [0, 0.1) is 5.82 Å². The highest BCUT2D eigenvalue weighted by molar-refractivity contribution is 9.10. The number of nitrogens with zero attached hydrogens (tertiary/aromatic N) is 3. The number of aromatic nitrogens is 3. The van der Waals surface area contributed by atoms with Crippen molar-refractivity contribution in [2.75, 3.05) is 5.75 Å². The van der Waals surface area contributed by atoms with Gasteiger partial charge < -0.3 is 9.88 Å². The largest absolute Gasteiger partial charge is 0.342 e. The van der Waals surface area contributed by atoms with Gasteiger partial charge in [-0.3, -0.25) is 9.59 Å². The van der Waals surface area contributed by atoms with Gasteiger partial charge in [0.15, 0.2) is 16.8 Å². The van der Waals surface area contributed by atoms with Crippen molar-refractivity contribution in [3.63, 3.8) is 0 Å². The Hall–Kier alpha value is -2.78. The minimum Gasteiger partial charge on any atom is -0.342 e. The Balaban J connectivity index is 1.72. The van der Waals surface area contributed by atoms with Crippen LogP contribution < -0.4 is 5.32 Å². The van der Waals surface area contributed by atoms with Crippen LogP contribution in [0.2, 0.25) is 0 Å². The van der Waals surface area contributed by atoms with E-state index in [4.69, 9.17) is 0 Å². The summed E-state index contributed by atoms with van der Waals surface area (Å²) >= 11 is 4.61. The lowest BCUT2D eigenvalue weighted by Crippen LogP contribution is -2.29. The molecule has 0 radical (unpaired) electrons. The molecule has 3 rings (SSSR count). The van der Waals surface area contributed by atoms with Gasteiger partial charge in [-0.2, -0.15) is 0 Å². The predicted molar refractivity (Wildman–Crippen MR) is 122 cm³/mol. The zero-order chi connectivity index (χ0) is 22.4. The first kappa shape index (κ1) is 22.9. The number of allylic oxidation sites excluding steroid dienone is 1. The topological polar surface area (TPSA) is 76.9 Å². The Bertz CT molecular complexity index is 1100. The lowest BCUT2D eigenvalue weighted by Gasteiger charge is -2.15. The van der Waals surface area contributed by atoms with Crippen LogP contribution in [0.15, 0.2) is 70.8 Å². The number of rotatable bonds is 9. The highest BCUT2D eigenvalue weighted by Crippen LogP contribution is 2.23. The van der Waals surface area contributed by atoms with Crippen LogP contribution in [0.4, 0.5) is 4.39 Å². The molecule has 0 aliphatic carbocycles. The van der Waals surface area contributed by atoms with Gasteiger partial charge >= 0.3 is 0 Å². The van der Waals surface area contributed by atoms with Gasteiger partial charge in [0.2, 0.25) is 0 Å². The van der Waals surface area contributed by atoms with Crippen molar-refractivity contribution in [2.45, 2.75) is 24.7 Å². The predicted octanol–water partition coefficient (Wildman–Crippen LogP) is 4.83. The number of thioether (sulfide) groups is 1. The average Bonchev–Trinajstić information content (AvgIpc) is 3.15. The molecule has 1 heterocycles. The Morgan fingerprint density at radius 2 is 1.94 bits per heavy atom. The maximum Gasteiger partial charge on any atom is 0.254 e. The molecule has 1 aromatic heterocycles. The molecular weight excluding hydrogens is 483 g/mol. The zero-order valence-corrected chi connectivity index (χ0v) is 19.1. The fourth-order valence-electron chi connectivity index (χ4n) is 2.86. The van der Waals surface area contributed by atoms with Crippen molar-refractivity contribution in [2.24, 2.45) is 0 Å². The number of ketones is 1. The molecule has 160 valence electrons. The number of nitrogens with one attached hydrogen (secondary N) is 1. The third-order valence-electron chi connectivity index (χ3n) is 4.41. The van der Waals surface area contributed by atoms with Crippen LogP contribution in [-0.2, 0) is 6.54 Å². The van der Waals surface area contributed by atoms with E-state index in [2.05, 4.69) is 38.0 Å². The first-order valence-corrected chi connectivity index (χ1v) is 11.2. The summed E-state index contributed by atoms with van der Waals surface area (Å²) in [6.45, 7) is 5.89. The van der Waals surface area contributed by atoms with Crippen LogP contribution in [0.25, 0.3) is 0 Å². The second-order valence-electron chi connectivity index (χ2n) is 6.63. The number of carbonyl (C=O) groups is 2. The van der Waals surface area contributed by atoms with Gasteiger partial charge in [-0.15, -0.1) is 16.8 Å². The van der Waals surface area contributed by atoms with Crippen molar-refractivity contribution < 1.29 is 14.0 Å². The molecule has 0 saturated carbocycles. The minimum absolute atomic E-state index is 0.0342. The smallest absolute Gasteiger partial charge is 0.254 e. The molecule has 2 aromatic carbocycles. The summed E-state index contributed by atoms with van der Waals surface area (Å²) in [5.74, 6) is -0.496. The van der Waals surface area contributed by atoms with Crippen molar-refractivity contribution in [3.8, 4) is 0 Å². The van der Waals surface area contributed by atoms with Gasteiger partial charge in [-0.05, 0) is 31.2 Å². The van der Waals surface area contributed by atoms with E-state index < -0.39 is 17.8 Å². The van der Waals surface area contributed by atoms with Crippen molar-refractivity contribution >= 4 is 39.4 Å². The molecular formula is C22H20BrFN4O2S. The maximum atomic E-state index is 13.9. The Labute approximate surface area is 192 Å². The molecule has 1 amide bonds. The molecule has 0 bridgehead atoms. The molecule has 0 unspecified atom stereocenters. The highest BCUT2D eigenvalue weighted by atomic mass is 79.9. The standard InChI is InChI=1S/C22H20BrFN4O2S/c1-3-12-28-20(14(2)25-21(30)17-6-4-5-7-18(17)24)26-27-22(28)31-13-19(29)15-8-10-16(23)11-9-15/h3-11,14H,1,12-13H2,2H3,(H,25,30)/t14-/m1/s1. The Kier molecular flexibility index (Phi) is 7.75. The van der Waals surface area contributed by atoms with Crippen LogP contribution in [0.5, 0.6) is 0 Å². The molecule has 1 atom stereocenters. The summed E-state index contributed by atoms with van der Waals surface area (Å²) in [7, 11) is 0. The first-order valence-electron chi connectivity index (χ1n) is 9.41. The van der Waals surface area contributed by atoms with Gasteiger partial charge in [0, 0.05) is 16.6 Å². The third kappa shape index (κ3) is 5.68. The van der Waals surface area contributed by atoms with E-state index in [0.29, 0.717) is 23.1 Å². The summed E-state index contributed by atoms with van der Waals surface area (Å²) in [4.78, 5) is 24.9. The van der Waals surface area contributed by atoms with Crippen molar-refractivity contribution in [3.05, 3.63) is 88.4 Å². The second kappa shape index (κ2) is 10.5. The Morgan fingerprint density at radius 3 is 2.61 bits per heavy atom. The number of halogens is 2.